The van der Waals surface area contributed by atoms with Gasteiger partial charge in [-0.2, -0.15) is 0 Å². The number of thiophene rings is 1. The van der Waals surface area contributed by atoms with E-state index < -0.39 is 0 Å². The molecule has 3 rings (SSSR count). The van der Waals surface area contributed by atoms with Crippen LogP contribution < -0.4 is 10.2 Å². The summed E-state index contributed by atoms with van der Waals surface area (Å²) in [5.41, 5.74) is 3.45. The van der Waals surface area contributed by atoms with E-state index >= 15 is 0 Å². The van der Waals surface area contributed by atoms with Gasteiger partial charge in [-0.05, 0) is 54.7 Å². The predicted octanol–water partition coefficient (Wildman–Crippen LogP) is 3.63. The van der Waals surface area contributed by atoms with Gasteiger partial charge in [-0.1, -0.05) is 24.3 Å². The lowest BCUT2D eigenvalue weighted by Crippen LogP contribution is -2.31. The number of carbonyl (C=O) groups excluding carboxylic acids is 1. The molecule has 1 N–H and O–H groups in total. The number of benzene rings is 1. The molecule has 1 aromatic heterocycles. The summed E-state index contributed by atoms with van der Waals surface area (Å²) in [5, 5.41) is 5.43. The number of nitrogens with zero attached hydrogens (tertiary/aromatic N) is 1. The Balaban J connectivity index is 2.02. The van der Waals surface area contributed by atoms with Crippen molar-refractivity contribution < 1.29 is 4.79 Å². The maximum Gasteiger partial charge on any atom is 0.281 e. The Morgan fingerprint density at radius 2 is 1.90 bits per heavy atom. The molecule has 2 heterocycles. The van der Waals surface area contributed by atoms with Crippen molar-refractivity contribution in [2.75, 3.05) is 4.90 Å². The molecule has 0 spiro atoms. The molecular formula is C16H14N2OS2. The van der Waals surface area contributed by atoms with Crippen molar-refractivity contribution in [2.45, 2.75) is 13.8 Å². The second-order valence-electron chi connectivity index (χ2n) is 4.88. The van der Waals surface area contributed by atoms with Gasteiger partial charge in [0, 0.05) is 4.88 Å². The molecule has 1 saturated heterocycles. The van der Waals surface area contributed by atoms with Crippen molar-refractivity contribution >= 4 is 46.3 Å². The van der Waals surface area contributed by atoms with E-state index in [9.17, 15) is 4.79 Å². The molecule has 3 nitrogen and oxygen atoms in total. The average Bonchev–Trinajstić information content (AvgIpc) is 3.02. The molecule has 1 aromatic carbocycles. The van der Waals surface area contributed by atoms with Crippen molar-refractivity contribution in [3.8, 4) is 0 Å². The largest absolute Gasteiger partial charge is 0.327 e. The second-order valence-corrected chi connectivity index (χ2v) is 6.25. The van der Waals surface area contributed by atoms with Gasteiger partial charge in [0.2, 0.25) is 0 Å². The highest BCUT2D eigenvalue weighted by molar-refractivity contribution is 7.80. The number of hydrogen-bond acceptors (Lipinski definition) is 3. The number of hydrogen-bond donors (Lipinski definition) is 1. The summed E-state index contributed by atoms with van der Waals surface area (Å²) < 4.78 is 0. The molecule has 0 unspecified atom stereocenters. The van der Waals surface area contributed by atoms with Crippen molar-refractivity contribution in [1.29, 1.82) is 0 Å². The van der Waals surface area contributed by atoms with Crippen molar-refractivity contribution in [3.63, 3.8) is 0 Å². The Morgan fingerprint density at radius 1 is 1.19 bits per heavy atom. The third kappa shape index (κ3) is 2.50. The molecule has 106 valence electrons. The fourth-order valence-corrected chi connectivity index (χ4v) is 3.35. The summed E-state index contributed by atoms with van der Waals surface area (Å²) in [4.78, 5) is 15.3. The highest BCUT2D eigenvalue weighted by Crippen LogP contribution is 2.29. The van der Waals surface area contributed by atoms with E-state index in [1.807, 2.05) is 55.6 Å². The number of thiocarbonyl (C=S) groups is 1. The molecule has 1 aliphatic heterocycles. The fourth-order valence-electron chi connectivity index (χ4n) is 2.41. The molecular weight excluding hydrogens is 300 g/mol. The molecule has 21 heavy (non-hydrogen) atoms. The smallest absolute Gasteiger partial charge is 0.281 e. The summed E-state index contributed by atoms with van der Waals surface area (Å²) in [6.45, 7) is 3.97. The van der Waals surface area contributed by atoms with Crippen molar-refractivity contribution in [2.24, 2.45) is 0 Å². The number of anilines is 1. The van der Waals surface area contributed by atoms with Crippen LogP contribution >= 0.6 is 23.6 Å². The van der Waals surface area contributed by atoms with Crippen LogP contribution in [0.3, 0.4) is 0 Å². The number of para-hydroxylation sites is 1. The van der Waals surface area contributed by atoms with Gasteiger partial charge in [-0.3, -0.25) is 9.69 Å². The van der Waals surface area contributed by atoms with Crippen LogP contribution in [0.25, 0.3) is 6.08 Å². The first-order chi connectivity index (χ1) is 10.1. The van der Waals surface area contributed by atoms with Gasteiger partial charge in [0.25, 0.3) is 5.91 Å². The SMILES string of the molecule is Cc1cccc(C)c1N1C(=O)/C(=C\c2cccs2)NC1=S. The first-order valence-electron chi connectivity index (χ1n) is 6.55. The topological polar surface area (TPSA) is 32.3 Å². The summed E-state index contributed by atoms with van der Waals surface area (Å²) in [6.07, 6.45) is 1.84. The van der Waals surface area contributed by atoms with Gasteiger partial charge >= 0.3 is 0 Å². The average molecular weight is 314 g/mol. The molecule has 0 bridgehead atoms. The first kappa shape index (κ1) is 14.0. The van der Waals surface area contributed by atoms with Gasteiger partial charge < -0.3 is 5.32 Å². The van der Waals surface area contributed by atoms with Crippen LogP contribution in [0.2, 0.25) is 0 Å². The predicted molar refractivity (Wildman–Crippen MR) is 91.4 cm³/mol. The fraction of sp³-hybridized carbons (Fsp3) is 0.125. The standard InChI is InChI=1S/C16H14N2OS2/c1-10-5-3-6-11(2)14(10)18-15(19)13(17-16(18)20)9-12-7-4-8-21-12/h3-9H,1-2H3,(H,17,20)/b13-9+. The minimum atomic E-state index is -0.106. The van der Waals surface area contributed by atoms with Crippen LogP contribution in [0.5, 0.6) is 0 Å². The zero-order valence-corrected chi connectivity index (χ0v) is 13.3. The minimum Gasteiger partial charge on any atom is -0.327 e. The van der Waals surface area contributed by atoms with E-state index in [1.165, 1.54) is 0 Å². The van der Waals surface area contributed by atoms with Crippen LogP contribution in [0.4, 0.5) is 5.69 Å². The van der Waals surface area contributed by atoms with Gasteiger partial charge in [-0.25, -0.2) is 0 Å². The molecule has 2 aromatic rings. The summed E-state index contributed by atoms with van der Waals surface area (Å²) in [7, 11) is 0. The van der Waals surface area contributed by atoms with Gasteiger partial charge in [0.15, 0.2) is 5.11 Å². The molecule has 5 heteroatoms. The monoisotopic (exact) mass is 314 g/mol. The van der Waals surface area contributed by atoms with E-state index in [-0.39, 0.29) is 5.91 Å². The number of nitrogens with one attached hydrogen (secondary N) is 1. The zero-order valence-electron chi connectivity index (χ0n) is 11.7. The lowest BCUT2D eigenvalue weighted by atomic mass is 10.1. The Hall–Kier alpha value is -1.98. The van der Waals surface area contributed by atoms with Gasteiger partial charge in [0.05, 0.1) is 5.69 Å². The molecule has 1 fully saturated rings. The molecule has 0 radical (unpaired) electrons. The Bertz CT molecular complexity index is 727. The van der Waals surface area contributed by atoms with Crippen LogP contribution in [0.15, 0.2) is 41.4 Å². The van der Waals surface area contributed by atoms with Crippen molar-refractivity contribution in [1.82, 2.24) is 5.32 Å². The molecule has 0 atom stereocenters. The third-order valence-corrected chi connectivity index (χ3v) is 4.48. The van der Waals surface area contributed by atoms with Crippen LogP contribution in [0, 0.1) is 13.8 Å². The quantitative estimate of drug-likeness (QED) is 0.678. The van der Waals surface area contributed by atoms with E-state index in [1.54, 1.807) is 16.2 Å². The second kappa shape index (κ2) is 5.42. The first-order valence-corrected chi connectivity index (χ1v) is 7.83. The Morgan fingerprint density at radius 3 is 2.52 bits per heavy atom. The lowest BCUT2D eigenvalue weighted by Gasteiger charge is -2.19. The number of aryl methyl sites for hydroxylation is 2. The third-order valence-electron chi connectivity index (χ3n) is 3.37. The van der Waals surface area contributed by atoms with Gasteiger partial charge in [0.1, 0.15) is 5.70 Å². The van der Waals surface area contributed by atoms with Crippen LogP contribution in [-0.2, 0) is 4.79 Å². The number of carbonyl (C=O) groups is 1. The van der Waals surface area contributed by atoms with E-state index in [2.05, 4.69) is 5.32 Å². The molecule has 1 amide bonds. The number of amides is 1. The van der Waals surface area contributed by atoms with Crippen LogP contribution in [-0.4, -0.2) is 11.0 Å². The maximum atomic E-state index is 12.7. The maximum absolute atomic E-state index is 12.7. The zero-order chi connectivity index (χ0) is 15.0. The summed E-state index contributed by atoms with van der Waals surface area (Å²) in [5.74, 6) is -0.106. The normalized spacial score (nSPS) is 16.7. The van der Waals surface area contributed by atoms with E-state index in [0.29, 0.717) is 10.8 Å². The van der Waals surface area contributed by atoms with Gasteiger partial charge in [-0.15, -0.1) is 11.3 Å². The molecule has 0 saturated carbocycles. The molecule has 1 aliphatic rings. The van der Waals surface area contributed by atoms with Crippen molar-refractivity contribution in [3.05, 3.63) is 57.4 Å². The molecule has 0 aliphatic carbocycles. The Labute approximate surface area is 132 Å². The summed E-state index contributed by atoms with van der Waals surface area (Å²) in [6, 6.07) is 9.88. The number of rotatable bonds is 2. The minimum absolute atomic E-state index is 0.106. The summed E-state index contributed by atoms with van der Waals surface area (Å²) >= 11 is 6.93. The highest BCUT2D eigenvalue weighted by Gasteiger charge is 2.33. The van der Waals surface area contributed by atoms with E-state index in [0.717, 1.165) is 21.7 Å². The Kier molecular flexibility index (Phi) is 3.61. The lowest BCUT2D eigenvalue weighted by molar-refractivity contribution is -0.113. The van der Waals surface area contributed by atoms with E-state index in [4.69, 9.17) is 12.2 Å². The highest BCUT2D eigenvalue weighted by atomic mass is 32.1. The van der Waals surface area contributed by atoms with Crippen LogP contribution in [0.1, 0.15) is 16.0 Å².